The number of ether oxygens (including phenoxy) is 1. The van der Waals surface area contributed by atoms with Crippen molar-refractivity contribution in [3.05, 3.63) is 64.2 Å². The monoisotopic (exact) mass is 360 g/mol. The summed E-state index contributed by atoms with van der Waals surface area (Å²) < 4.78 is 5.12. The Morgan fingerprint density at radius 1 is 1.08 bits per heavy atom. The van der Waals surface area contributed by atoms with E-state index in [1.165, 1.54) is 24.3 Å². The molecule has 0 aromatic heterocycles. The summed E-state index contributed by atoms with van der Waals surface area (Å²) in [5.41, 5.74) is 7.44. The largest absolute Gasteiger partial charge is 0.496 e. The number of hydrogen-bond donors (Lipinski definition) is 2. The maximum absolute atomic E-state index is 12.1. The van der Waals surface area contributed by atoms with Gasteiger partial charge in [0.2, 0.25) is 5.91 Å². The van der Waals surface area contributed by atoms with E-state index >= 15 is 0 Å². The van der Waals surface area contributed by atoms with E-state index in [2.05, 4.69) is 23.0 Å². The minimum Gasteiger partial charge on any atom is -0.496 e. The maximum atomic E-state index is 12.1. The van der Waals surface area contributed by atoms with Gasteiger partial charge in [-0.25, -0.2) is 0 Å². The molecule has 0 bridgehead atoms. The summed E-state index contributed by atoms with van der Waals surface area (Å²) in [4.78, 5) is 24.0. The van der Waals surface area contributed by atoms with Gasteiger partial charge in [0.15, 0.2) is 0 Å². The molecule has 0 unspecified atom stereocenters. The van der Waals surface area contributed by atoms with Crippen molar-refractivity contribution >= 4 is 23.4 Å². The fraction of sp³-hybridized carbons (Fsp3) is 0.263. The lowest BCUT2D eigenvalue weighted by Crippen LogP contribution is -2.41. The lowest BCUT2D eigenvalue weighted by atomic mass is 10.1. The van der Waals surface area contributed by atoms with E-state index in [4.69, 9.17) is 16.3 Å². The molecule has 2 N–H and O–H groups in total. The molecule has 2 aromatic rings. The van der Waals surface area contributed by atoms with Gasteiger partial charge in [-0.05, 0) is 43.5 Å². The summed E-state index contributed by atoms with van der Waals surface area (Å²) in [6.07, 6.45) is 1.83. The number of methoxy groups -OCH3 is 1. The van der Waals surface area contributed by atoms with Gasteiger partial charge in [0.25, 0.3) is 5.91 Å². The summed E-state index contributed by atoms with van der Waals surface area (Å²) in [6, 6.07) is 12.9. The fourth-order valence-corrected chi connectivity index (χ4v) is 2.49. The van der Waals surface area contributed by atoms with Crippen LogP contribution in [-0.4, -0.2) is 18.9 Å². The van der Waals surface area contributed by atoms with Gasteiger partial charge < -0.3 is 4.74 Å². The highest BCUT2D eigenvalue weighted by molar-refractivity contribution is 6.31. The van der Waals surface area contributed by atoms with Gasteiger partial charge in [0.05, 0.1) is 12.7 Å². The normalized spacial score (nSPS) is 10.2. The number of carbonyl (C=O) groups excluding carboxylic acids is 2. The molecule has 0 radical (unpaired) electrons. The van der Waals surface area contributed by atoms with Crippen molar-refractivity contribution in [3.8, 4) is 5.75 Å². The molecule has 2 rings (SSSR count). The van der Waals surface area contributed by atoms with Crippen LogP contribution in [0.3, 0.4) is 0 Å². The first-order valence-corrected chi connectivity index (χ1v) is 8.35. The molecule has 0 aliphatic rings. The molecule has 0 heterocycles. The van der Waals surface area contributed by atoms with E-state index in [-0.39, 0.29) is 11.5 Å². The van der Waals surface area contributed by atoms with E-state index in [1.54, 1.807) is 12.1 Å². The smallest absolute Gasteiger partial charge is 0.273 e. The number of carbonyl (C=O) groups is 2. The van der Waals surface area contributed by atoms with Crippen molar-refractivity contribution in [2.45, 2.75) is 26.2 Å². The predicted octanol–water partition coefficient (Wildman–Crippen LogP) is 3.44. The summed E-state index contributed by atoms with van der Waals surface area (Å²) >= 11 is 5.89. The lowest BCUT2D eigenvalue weighted by Gasteiger charge is -2.10. The van der Waals surface area contributed by atoms with Gasteiger partial charge in [0, 0.05) is 11.4 Å². The van der Waals surface area contributed by atoms with Crippen LogP contribution >= 0.6 is 11.6 Å². The van der Waals surface area contributed by atoms with Crippen LogP contribution in [0.15, 0.2) is 42.5 Å². The molecule has 0 fully saturated rings. The number of hydrazine groups is 1. The van der Waals surface area contributed by atoms with Gasteiger partial charge in [-0.1, -0.05) is 41.4 Å². The first kappa shape index (κ1) is 18.8. The number of benzene rings is 2. The van der Waals surface area contributed by atoms with E-state index in [9.17, 15) is 9.59 Å². The molecule has 132 valence electrons. The number of aryl methyl sites for hydroxylation is 2. The molecule has 2 amide bonds. The van der Waals surface area contributed by atoms with E-state index in [0.717, 1.165) is 6.42 Å². The first-order valence-electron chi connectivity index (χ1n) is 7.98. The maximum Gasteiger partial charge on any atom is 0.273 e. The van der Waals surface area contributed by atoms with Crippen LogP contribution in [0.25, 0.3) is 0 Å². The Labute approximate surface area is 152 Å². The summed E-state index contributed by atoms with van der Waals surface area (Å²) in [5.74, 6) is -0.344. The standard InChI is InChI=1S/C19H21ClN2O3/c1-13-6-8-14(9-7-13)4-3-5-18(23)21-22-19(24)16-12-15(20)10-11-17(16)25-2/h6-12H,3-5H2,1-2H3,(H,21,23)(H,22,24). The summed E-state index contributed by atoms with van der Waals surface area (Å²) in [5, 5.41) is 0.412. The summed E-state index contributed by atoms with van der Waals surface area (Å²) in [7, 11) is 1.46. The molecule has 25 heavy (non-hydrogen) atoms. The number of rotatable bonds is 6. The molecule has 0 saturated heterocycles. The Morgan fingerprint density at radius 2 is 1.80 bits per heavy atom. The fourth-order valence-electron chi connectivity index (χ4n) is 2.32. The number of nitrogens with one attached hydrogen (secondary N) is 2. The molecule has 2 aromatic carbocycles. The summed E-state index contributed by atoms with van der Waals surface area (Å²) in [6.45, 7) is 2.04. The van der Waals surface area contributed by atoms with Crippen LogP contribution in [0, 0.1) is 6.92 Å². The molecule has 0 aliphatic heterocycles. The van der Waals surface area contributed by atoms with Gasteiger partial charge in [-0.15, -0.1) is 0 Å². The van der Waals surface area contributed by atoms with Gasteiger partial charge in [-0.2, -0.15) is 0 Å². The van der Waals surface area contributed by atoms with E-state index in [0.29, 0.717) is 23.6 Å². The van der Waals surface area contributed by atoms with Crippen LogP contribution in [-0.2, 0) is 11.2 Å². The molecule has 0 saturated carbocycles. The quantitative estimate of drug-likeness (QED) is 0.775. The minimum atomic E-state index is -0.480. The second kappa shape index (κ2) is 9.08. The van der Waals surface area contributed by atoms with Crippen LogP contribution in [0.4, 0.5) is 0 Å². The Kier molecular flexibility index (Phi) is 6.83. The topological polar surface area (TPSA) is 67.4 Å². The van der Waals surface area contributed by atoms with Gasteiger partial charge in [-0.3, -0.25) is 20.4 Å². The Hall–Kier alpha value is -2.53. The third kappa shape index (κ3) is 5.80. The third-order valence-corrected chi connectivity index (χ3v) is 3.95. The third-order valence-electron chi connectivity index (χ3n) is 3.71. The average Bonchev–Trinajstić information content (AvgIpc) is 2.61. The Bertz CT molecular complexity index is 745. The predicted molar refractivity (Wildman–Crippen MR) is 97.7 cm³/mol. The zero-order valence-corrected chi connectivity index (χ0v) is 15.0. The highest BCUT2D eigenvalue weighted by atomic mass is 35.5. The number of hydrogen-bond acceptors (Lipinski definition) is 3. The highest BCUT2D eigenvalue weighted by Crippen LogP contribution is 2.22. The van der Waals surface area contributed by atoms with Crippen molar-refractivity contribution in [3.63, 3.8) is 0 Å². The molecule has 0 atom stereocenters. The number of amides is 2. The SMILES string of the molecule is COc1ccc(Cl)cc1C(=O)NNC(=O)CCCc1ccc(C)cc1. The zero-order valence-electron chi connectivity index (χ0n) is 14.3. The average molecular weight is 361 g/mol. The van der Waals surface area contributed by atoms with Crippen LogP contribution < -0.4 is 15.6 Å². The molecular weight excluding hydrogens is 340 g/mol. The Balaban J connectivity index is 1.78. The van der Waals surface area contributed by atoms with Gasteiger partial charge in [0.1, 0.15) is 5.75 Å². The van der Waals surface area contributed by atoms with Crippen LogP contribution in [0.2, 0.25) is 5.02 Å². The second-order valence-electron chi connectivity index (χ2n) is 5.69. The van der Waals surface area contributed by atoms with Crippen molar-refractivity contribution in [1.82, 2.24) is 10.9 Å². The lowest BCUT2D eigenvalue weighted by molar-refractivity contribution is -0.121. The first-order chi connectivity index (χ1) is 12.0. The Morgan fingerprint density at radius 3 is 2.48 bits per heavy atom. The van der Waals surface area contributed by atoms with Crippen molar-refractivity contribution in [1.29, 1.82) is 0 Å². The van der Waals surface area contributed by atoms with Crippen molar-refractivity contribution < 1.29 is 14.3 Å². The van der Waals surface area contributed by atoms with E-state index in [1.807, 2.05) is 19.1 Å². The van der Waals surface area contributed by atoms with Crippen LogP contribution in [0.1, 0.15) is 34.3 Å². The van der Waals surface area contributed by atoms with E-state index < -0.39 is 5.91 Å². The van der Waals surface area contributed by atoms with Crippen LogP contribution in [0.5, 0.6) is 5.75 Å². The molecular formula is C19H21ClN2O3. The minimum absolute atomic E-state index is 0.249. The van der Waals surface area contributed by atoms with Crippen molar-refractivity contribution in [2.75, 3.05) is 7.11 Å². The molecule has 6 heteroatoms. The zero-order chi connectivity index (χ0) is 18.2. The molecule has 0 spiro atoms. The molecule has 5 nitrogen and oxygen atoms in total. The second-order valence-corrected chi connectivity index (χ2v) is 6.12. The van der Waals surface area contributed by atoms with Gasteiger partial charge >= 0.3 is 0 Å². The number of halogens is 1. The molecule has 0 aliphatic carbocycles. The highest BCUT2D eigenvalue weighted by Gasteiger charge is 2.13. The van der Waals surface area contributed by atoms with Crippen molar-refractivity contribution in [2.24, 2.45) is 0 Å².